The SMILES string of the molecule is CCNc1cc(NCC2CSCCS2)ncn1. The Labute approximate surface area is 111 Å². The molecule has 1 aromatic rings. The van der Waals surface area contributed by atoms with Crippen LogP contribution in [0.2, 0.25) is 0 Å². The third-order valence-electron chi connectivity index (χ3n) is 2.42. The minimum absolute atomic E-state index is 0.700. The molecule has 94 valence electrons. The smallest absolute Gasteiger partial charge is 0.131 e. The normalized spacial score (nSPS) is 19.9. The lowest BCUT2D eigenvalue weighted by molar-refractivity contribution is 0.986. The van der Waals surface area contributed by atoms with Crippen LogP contribution >= 0.6 is 23.5 Å². The van der Waals surface area contributed by atoms with E-state index in [1.807, 2.05) is 17.8 Å². The van der Waals surface area contributed by atoms with E-state index in [1.165, 1.54) is 17.3 Å². The first-order valence-corrected chi connectivity index (χ1v) is 8.08. The number of aromatic nitrogens is 2. The lowest BCUT2D eigenvalue weighted by atomic mass is 10.4. The quantitative estimate of drug-likeness (QED) is 0.855. The van der Waals surface area contributed by atoms with Crippen LogP contribution in [0, 0.1) is 0 Å². The summed E-state index contributed by atoms with van der Waals surface area (Å²) in [4.78, 5) is 8.38. The van der Waals surface area contributed by atoms with Gasteiger partial charge in [0, 0.05) is 41.7 Å². The van der Waals surface area contributed by atoms with Gasteiger partial charge >= 0.3 is 0 Å². The molecule has 17 heavy (non-hydrogen) atoms. The van der Waals surface area contributed by atoms with Crippen molar-refractivity contribution in [2.24, 2.45) is 0 Å². The van der Waals surface area contributed by atoms with Gasteiger partial charge in [-0.25, -0.2) is 9.97 Å². The minimum atomic E-state index is 0.700. The van der Waals surface area contributed by atoms with E-state index >= 15 is 0 Å². The summed E-state index contributed by atoms with van der Waals surface area (Å²) in [6.45, 7) is 3.93. The molecule has 4 nitrogen and oxygen atoms in total. The topological polar surface area (TPSA) is 49.8 Å². The summed E-state index contributed by atoms with van der Waals surface area (Å²) < 4.78 is 0. The molecular formula is C11H18N4S2. The highest BCUT2D eigenvalue weighted by molar-refractivity contribution is 8.06. The summed E-state index contributed by atoms with van der Waals surface area (Å²) in [7, 11) is 0. The Morgan fingerprint density at radius 3 is 2.82 bits per heavy atom. The van der Waals surface area contributed by atoms with Crippen molar-refractivity contribution >= 4 is 35.2 Å². The number of hydrogen-bond donors (Lipinski definition) is 2. The van der Waals surface area contributed by atoms with Gasteiger partial charge in [-0.05, 0) is 6.92 Å². The average molecular weight is 270 g/mol. The number of nitrogens with zero attached hydrogens (tertiary/aromatic N) is 2. The van der Waals surface area contributed by atoms with Gasteiger partial charge in [-0.2, -0.15) is 23.5 Å². The molecule has 0 radical (unpaired) electrons. The van der Waals surface area contributed by atoms with Crippen LogP contribution in [0.4, 0.5) is 11.6 Å². The van der Waals surface area contributed by atoms with E-state index in [2.05, 4.69) is 39.3 Å². The Kier molecular flexibility index (Phi) is 5.25. The van der Waals surface area contributed by atoms with Gasteiger partial charge in [-0.1, -0.05) is 0 Å². The third kappa shape index (κ3) is 4.27. The van der Waals surface area contributed by atoms with E-state index in [-0.39, 0.29) is 0 Å². The van der Waals surface area contributed by atoms with Gasteiger partial charge < -0.3 is 10.6 Å². The van der Waals surface area contributed by atoms with Crippen LogP contribution in [-0.4, -0.2) is 45.6 Å². The van der Waals surface area contributed by atoms with Crippen molar-refractivity contribution in [3.05, 3.63) is 12.4 Å². The molecule has 1 aliphatic heterocycles. The van der Waals surface area contributed by atoms with Crippen LogP contribution in [0.5, 0.6) is 0 Å². The number of rotatable bonds is 5. The molecule has 1 fully saturated rings. The molecule has 1 aromatic heterocycles. The van der Waals surface area contributed by atoms with Crippen LogP contribution in [0.15, 0.2) is 12.4 Å². The number of nitrogens with one attached hydrogen (secondary N) is 2. The molecule has 0 saturated carbocycles. The Balaban J connectivity index is 1.83. The molecule has 1 unspecified atom stereocenters. The minimum Gasteiger partial charge on any atom is -0.370 e. The Morgan fingerprint density at radius 2 is 2.12 bits per heavy atom. The van der Waals surface area contributed by atoms with E-state index in [0.717, 1.165) is 24.7 Å². The number of anilines is 2. The second-order valence-electron chi connectivity index (χ2n) is 3.77. The third-order valence-corrected chi connectivity index (χ3v) is 5.27. The molecule has 0 spiro atoms. The molecule has 1 aliphatic rings. The summed E-state index contributed by atoms with van der Waals surface area (Å²) in [6, 6.07) is 1.96. The second kappa shape index (κ2) is 6.96. The zero-order chi connectivity index (χ0) is 11.9. The molecule has 2 N–H and O–H groups in total. The first kappa shape index (κ1) is 12.8. The monoisotopic (exact) mass is 270 g/mol. The molecular weight excluding hydrogens is 252 g/mol. The van der Waals surface area contributed by atoms with E-state index in [1.54, 1.807) is 6.33 Å². The largest absolute Gasteiger partial charge is 0.370 e. The fourth-order valence-electron chi connectivity index (χ4n) is 1.60. The van der Waals surface area contributed by atoms with Crippen LogP contribution in [0.3, 0.4) is 0 Å². The first-order valence-electron chi connectivity index (χ1n) is 5.87. The summed E-state index contributed by atoms with van der Waals surface area (Å²) in [5.41, 5.74) is 0. The predicted molar refractivity (Wildman–Crippen MR) is 78.3 cm³/mol. The fourth-order valence-corrected chi connectivity index (χ4v) is 4.22. The molecule has 1 atom stereocenters. The maximum atomic E-state index is 4.23. The van der Waals surface area contributed by atoms with Gasteiger partial charge in [0.15, 0.2) is 0 Å². The summed E-state index contributed by atoms with van der Waals surface area (Å²) >= 11 is 4.10. The van der Waals surface area contributed by atoms with Crippen molar-refractivity contribution in [3.8, 4) is 0 Å². The van der Waals surface area contributed by atoms with Crippen LogP contribution < -0.4 is 10.6 Å². The van der Waals surface area contributed by atoms with Crippen LogP contribution in [0.1, 0.15) is 6.92 Å². The lowest BCUT2D eigenvalue weighted by Gasteiger charge is -2.21. The van der Waals surface area contributed by atoms with Crippen molar-refractivity contribution in [1.29, 1.82) is 0 Å². The van der Waals surface area contributed by atoms with Crippen LogP contribution in [0.25, 0.3) is 0 Å². The van der Waals surface area contributed by atoms with E-state index in [0.29, 0.717) is 5.25 Å². The molecule has 0 aromatic carbocycles. The highest BCUT2D eigenvalue weighted by Gasteiger charge is 2.13. The molecule has 0 aliphatic carbocycles. The zero-order valence-corrected chi connectivity index (χ0v) is 11.6. The van der Waals surface area contributed by atoms with Crippen molar-refractivity contribution in [1.82, 2.24) is 9.97 Å². The molecule has 0 amide bonds. The van der Waals surface area contributed by atoms with Crippen molar-refractivity contribution in [3.63, 3.8) is 0 Å². The summed E-state index contributed by atoms with van der Waals surface area (Å²) in [5.74, 6) is 5.59. The Bertz CT molecular complexity index is 342. The molecule has 0 bridgehead atoms. The van der Waals surface area contributed by atoms with Gasteiger partial charge in [-0.15, -0.1) is 0 Å². The average Bonchev–Trinajstić information content (AvgIpc) is 2.39. The molecule has 6 heteroatoms. The van der Waals surface area contributed by atoms with Gasteiger partial charge in [0.1, 0.15) is 18.0 Å². The molecule has 1 saturated heterocycles. The Hall–Kier alpha value is -0.620. The first-order chi connectivity index (χ1) is 8.38. The van der Waals surface area contributed by atoms with E-state index in [9.17, 15) is 0 Å². The highest BCUT2D eigenvalue weighted by Crippen LogP contribution is 2.24. The van der Waals surface area contributed by atoms with Crippen LogP contribution in [-0.2, 0) is 0 Å². The molecule has 2 heterocycles. The van der Waals surface area contributed by atoms with Gasteiger partial charge in [0.25, 0.3) is 0 Å². The van der Waals surface area contributed by atoms with Crippen molar-refractivity contribution < 1.29 is 0 Å². The predicted octanol–water partition coefficient (Wildman–Crippen LogP) is 2.17. The van der Waals surface area contributed by atoms with Gasteiger partial charge in [0.05, 0.1) is 0 Å². The Morgan fingerprint density at radius 1 is 1.29 bits per heavy atom. The number of thioether (sulfide) groups is 2. The lowest BCUT2D eigenvalue weighted by Crippen LogP contribution is -2.23. The maximum absolute atomic E-state index is 4.23. The second-order valence-corrected chi connectivity index (χ2v) is 6.33. The zero-order valence-electron chi connectivity index (χ0n) is 9.98. The van der Waals surface area contributed by atoms with E-state index in [4.69, 9.17) is 0 Å². The summed E-state index contributed by atoms with van der Waals surface area (Å²) in [5, 5.41) is 7.27. The van der Waals surface area contributed by atoms with Gasteiger partial charge in [-0.3, -0.25) is 0 Å². The summed E-state index contributed by atoms with van der Waals surface area (Å²) in [6.07, 6.45) is 1.60. The maximum Gasteiger partial charge on any atom is 0.131 e. The standard InChI is InChI=1S/C11H18N4S2/c1-2-12-10-5-11(15-8-14-10)13-6-9-7-16-3-4-17-9/h5,8-9H,2-4,6-7H2,1H3,(H2,12,13,14,15). The highest BCUT2D eigenvalue weighted by atomic mass is 32.2. The van der Waals surface area contributed by atoms with E-state index < -0.39 is 0 Å². The van der Waals surface area contributed by atoms with Crippen molar-refractivity contribution in [2.45, 2.75) is 12.2 Å². The van der Waals surface area contributed by atoms with Gasteiger partial charge in [0.2, 0.25) is 0 Å². The fraction of sp³-hybridized carbons (Fsp3) is 0.636. The van der Waals surface area contributed by atoms with Crippen molar-refractivity contribution in [2.75, 3.05) is 41.0 Å². The molecule has 2 rings (SSSR count). The number of hydrogen-bond acceptors (Lipinski definition) is 6.